The molecule has 0 amide bonds. The zero-order valence-electron chi connectivity index (χ0n) is 7.37. The fourth-order valence-corrected chi connectivity index (χ4v) is 2.09. The summed E-state index contributed by atoms with van der Waals surface area (Å²) in [5.41, 5.74) is 1.11. The second-order valence-electron chi connectivity index (χ2n) is 3.76. The molecule has 0 saturated heterocycles. The third kappa shape index (κ3) is 1.07. The lowest BCUT2D eigenvalue weighted by Crippen LogP contribution is -2.20. The fourth-order valence-electron chi connectivity index (χ4n) is 2.09. The largest absolute Gasteiger partial charge is 0.290 e. The summed E-state index contributed by atoms with van der Waals surface area (Å²) in [5.74, 6) is -2.41. The zero-order valence-corrected chi connectivity index (χ0v) is 7.37. The third-order valence-electron chi connectivity index (χ3n) is 2.87. The number of ketones is 3. The van der Waals surface area contributed by atoms with Gasteiger partial charge in [0.25, 0.3) is 5.78 Å². The summed E-state index contributed by atoms with van der Waals surface area (Å²) in [7, 11) is 0. The van der Waals surface area contributed by atoms with Crippen molar-refractivity contribution < 1.29 is 14.4 Å². The van der Waals surface area contributed by atoms with E-state index in [1.807, 2.05) is 13.0 Å². The van der Waals surface area contributed by atoms with Gasteiger partial charge in [0, 0.05) is 11.8 Å². The highest BCUT2D eigenvalue weighted by Gasteiger charge is 2.48. The smallest absolute Gasteiger partial charge is 0.264 e. The van der Waals surface area contributed by atoms with E-state index in [-0.39, 0.29) is 11.8 Å². The van der Waals surface area contributed by atoms with Crippen LogP contribution in [0.1, 0.15) is 19.8 Å². The minimum absolute atomic E-state index is 0.343. The predicted octanol–water partition coefficient (Wildman–Crippen LogP) is 0.680. The average molecular weight is 178 g/mol. The lowest BCUT2D eigenvalue weighted by atomic mass is 9.82. The molecule has 0 heterocycles. The molecule has 0 aliphatic heterocycles. The average Bonchev–Trinajstić information content (AvgIpc) is 2.32. The van der Waals surface area contributed by atoms with Gasteiger partial charge in [0.05, 0.1) is 0 Å². The van der Waals surface area contributed by atoms with Gasteiger partial charge in [-0.3, -0.25) is 14.4 Å². The number of hydrogen-bond donors (Lipinski definition) is 0. The van der Waals surface area contributed by atoms with E-state index in [0.29, 0.717) is 12.8 Å². The van der Waals surface area contributed by atoms with Crippen LogP contribution in [0, 0.1) is 11.8 Å². The summed E-state index contributed by atoms with van der Waals surface area (Å²) in [6.45, 7) is 1.93. The van der Waals surface area contributed by atoms with Crippen LogP contribution in [0.2, 0.25) is 0 Å². The molecule has 0 bridgehead atoms. The topological polar surface area (TPSA) is 51.2 Å². The van der Waals surface area contributed by atoms with Gasteiger partial charge in [-0.05, 0) is 19.8 Å². The quantitative estimate of drug-likeness (QED) is 0.405. The third-order valence-corrected chi connectivity index (χ3v) is 2.87. The van der Waals surface area contributed by atoms with Crippen LogP contribution in [-0.4, -0.2) is 17.3 Å². The number of fused-ring (bicyclic) bond motifs is 1. The predicted molar refractivity (Wildman–Crippen MR) is 45.0 cm³/mol. The number of carbonyl (C=O) groups excluding carboxylic acids is 3. The van der Waals surface area contributed by atoms with Crippen molar-refractivity contribution in [3.63, 3.8) is 0 Å². The van der Waals surface area contributed by atoms with Crippen LogP contribution in [0.3, 0.4) is 0 Å². The molecule has 0 spiro atoms. The molecule has 0 aromatic rings. The summed E-state index contributed by atoms with van der Waals surface area (Å²) < 4.78 is 0. The Morgan fingerprint density at radius 3 is 2.46 bits per heavy atom. The van der Waals surface area contributed by atoms with Crippen molar-refractivity contribution >= 4 is 17.3 Å². The SMILES string of the molecule is CC1=CCC2C(=O)C(=O)C(=O)C2C1. The summed E-state index contributed by atoms with van der Waals surface area (Å²) in [5, 5.41) is 0. The maximum absolute atomic E-state index is 11.3. The van der Waals surface area contributed by atoms with E-state index in [0.717, 1.165) is 5.57 Å². The Bertz CT molecular complexity index is 338. The molecule has 2 rings (SSSR count). The van der Waals surface area contributed by atoms with Gasteiger partial charge in [-0.1, -0.05) is 11.6 Å². The normalized spacial score (nSPS) is 33.3. The minimum atomic E-state index is -0.780. The van der Waals surface area contributed by atoms with E-state index in [1.54, 1.807) is 0 Å². The highest BCUT2D eigenvalue weighted by Crippen LogP contribution is 2.35. The van der Waals surface area contributed by atoms with Crippen LogP contribution in [-0.2, 0) is 14.4 Å². The summed E-state index contributed by atoms with van der Waals surface area (Å²) in [6, 6.07) is 0. The highest BCUT2D eigenvalue weighted by molar-refractivity contribution is 6.68. The van der Waals surface area contributed by atoms with Gasteiger partial charge < -0.3 is 0 Å². The Hall–Kier alpha value is -1.25. The highest BCUT2D eigenvalue weighted by atomic mass is 16.2. The molecule has 3 nitrogen and oxygen atoms in total. The molecule has 0 aromatic carbocycles. The fraction of sp³-hybridized carbons (Fsp3) is 0.500. The van der Waals surface area contributed by atoms with Crippen molar-refractivity contribution in [2.45, 2.75) is 19.8 Å². The molecule has 0 N–H and O–H groups in total. The van der Waals surface area contributed by atoms with Crippen LogP contribution in [0.15, 0.2) is 11.6 Å². The van der Waals surface area contributed by atoms with Crippen molar-refractivity contribution in [2.75, 3.05) is 0 Å². The molecule has 3 heteroatoms. The number of Topliss-reactive ketones (excluding diaryl/α,β-unsaturated/α-hetero) is 3. The molecule has 0 radical (unpaired) electrons. The van der Waals surface area contributed by atoms with E-state index in [9.17, 15) is 14.4 Å². The number of hydrogen-bond acceptors (Lipinski definition) is 3. The van der Waals surface area contributed by atoms with E-state index in [4.69, 9.17) is 0 Å². The molecular formula is C10H10O3. The first-order valence-electron chi connectivity index (χ1n) is 4.39. The van der Waals surface area contributed by atoms with Crippen molar-refractivity contribution in [3.8, 4) is 0 Å². The molecule has 2 unspecified atom stereocenters. The van der Waals surface area contributed by atoms with E-state index in [1.165, 1.54) is 0 Å². The van der Waals surface area contributed by atoms with Crippen molar-refractivity contribution in [1.82, 2.24) is 0 Å². The van der Waals surface area contributed by atoms with Gasteiger partial charge in [-0.2, -0.15) is 0 Å². The molecule has 2 aliphatic rings. The summed E-state index contributed by atoms with van der Waals surface area (Å²) >= 11 is 0. The molecule has 68 valence electrons. The number of carbonyl (C=O) groups is 3. The first kappa shape index (κ1) is 8.35. The van der Waals surface area contributed by atoms with Gasteiger partial charge in [0.1, 0.15) is 0 Å². The van der Waals surface area contributed by atoms with Crippen molar-refractivity contribution in [1.29, 1.82) is 0 Å². The molecule has 1 saturated carbocycles. The Morgan fingerprint density at radius 1 is 1.15 bits per heavy atom. The molecule has 0 aromatic heterocycles. The second-order valence-corrected chi connectivity index (χ2v) is 3.76. The first-order chi connectivity index (χ1) is 6.11. The van der Waals surface area contributed by atoms with Crippen molar-refractivity contribution in [2.24, 2.45) is 11.8 Å². The summed E-state index contributed by atoms with van der Waals surface area (Å²) in [4.78, 5) is 33.6. The number of rotatable bonds is 0. The number of allylic oxidation sites excluding steroid dienone is 2. The van der Waals surface area contributed by atoms with Gasteiger partial charge >= 0.3 is 0 Å². The molecule has 13 heavy (non-hydrogen) atoms. The van der Waals surface area contributed by atoms with Crippen LogP contribution in [0.25, 0.3) is 0 Å². The van der Waals surface area contributed by atoms with Gasteiger partial charge in [0.2, 0.25) is 11.6 Å². The minimum Gasteiger partial charge on any atom is -0.290 e. The molecule has 1 fully saturated rings. The first-order valence-corrected chi connectivity index (χ1v) is 4.39. The Labute approximate surface area is 75.8 Å². The Morgan fingerprint density at radius 2 is 1.77 bits per heavy atom. The van der Waals surface area contributed by atoms with Crippen LogP contribution >= 0.6 is 0 Å². The van der Waals surface area contributed by atoms with Gasteiger partial charge in [0.15, 0.2) is 0 Å². The molecule has 2 atom stereocenters. The maximum Gasteiger partial charge on any atom is 0.264 e. The van der Waals surface area contributed by atoms with Gasteiger partial charge in [-0.15, -0.1) is 0 Å². The Balaban J connectivity index is 2.36. The van der Waals surface area contributed by atoms with Gasteiger partial charge in [-0.25, -0.2) is 0 Å². The zero-order chi connectivity index (χ0) is 9.59. The van der Waals surface area contributed by atoms with Crippen molar-refractivity contribution in [3.05, 3.63) is 11.6 Å². The standard InChI is InChI=1S/C10H10O3/c1-5-2-3-6-7(4-5)9(12)10(13)8(6)11/h2,6-7H,3-4H2,1H3. The van der Waals surface area contributed by atoms with Crippen LogP contribution in [0.4, 0.5) is 0 Å². The second kappa shape index (κ2) is 2.62. The van der Waals surface area contributed by atoms with Crippen LogP contribution in [0.5, 0.6) is 0 Å². The molecule has 2 aliphatic carbocycles. The molecular weight excluding hydrogens is 168 g/mol. The van der Waals surface area contributed by atoms with E-state index < -0.39 is 17.3 Å². The Kier molecular flexibility index (Phi) is 1.68. The monoisotopic (exact) mass is 178 g/mol. The lowest BCUT2D eigenvalue weighted by Gasteiger charge is -2.19. The van der Waals surface area contributed by atoms with E-state index >= 15 is 0 Å². The maximum atomic E-state index is 11.3. The van der Waals surface area contributed by atoms with Crippen LogP contribution < -0.4 is 0 Å². The van der Waals surface area contributed by atoms with E-state index in [2.05, 4.69) is 0 Å². The summed E-state index contributed by atoms with van der Waals surface area (Å²) in [6.07, 6.45) is 3.10. The lowest BCUT2D eigenvalue weighted by molar-refractivity contribution is -0.141.